The Morgan fingerprint density at radius 2 is 0.947 bits per heavy atom. The first-order chi connectivity index (χ1) is 28.3. The highest BCUT2D eigenvalue weighted by molar-refractivity contribution is 6.29. The first-order valence-electron chi connectivity index (χ1n) is 19.3. The Morgan fingerprint density at radius 3 is 1.70 bits per heavy atom. The van der Waals surface area contributed by atoms with Gasteiger partial charge in [0.1, 0.15) is 5.58 Å². The molecule has 0 saturated heterocycles. The van der Waals surface area contributed by atoms with Crippen LogP contribution in [0.25, 0.3) is 111 Å². The van der Waals surface area contributed by atoms with Crippen molar-refractivity contribution in [3.63, 3.8) is 0 Å². The smallest absolute Gasteiger partial charge is 0.160 e. The highest BCUT2D eigenvalue weighted by atomic mass is 16.3. The lowest BCUT2D eigenvalue weighted by molar-refractivity contribution is 0.671. The van der Waals surface area contributed by atoms with E-state index in [-0.39, 0.29) is 0 Å². The summed E-state index contributed by atoms with van der Waals surface area (Å²) < 4.78 is 11.5. The zero-order chi connectivity index (χ0) is 37.5. The summed E-state index contributed by atoms with van der Waals surface area (Å²) in [5, 5.41) is 6.91. The summed E-state index contributed by atoms with van der Waals surface area (Å²) in [4.78, 5) is 10.4. The molecule has 0 atom stereocenters. The van der Waals surface area contributed by atoms with Crippen molar-refractivity contribution < 1.29 is 4.42 Å². The van der Waals surface area contributed by atoms with Crippen LogP contribution in [0.2, 0.25) is 0 Å². The van der Waals surface area contributed by atoms with E-state index in [9.17, 15) is 0 Å². The third-order valence-electron chi connectivity index (χ3n) is 11.3. The van der Waals surface area contributed by atoms with E-state index in [1.807, 2.05) is 18.2 Å². The number of para-hydroxylation sites is 3. The predicted molar refractivity (Wildman–Crippen MR) is 234 cm³/mol. The lowest BCUT2D eigenvalue weighted by Gasteiger charge is -2.13. The molecule has 0 bridgehead atoms. The highest BCUT2D eigenvalue weighted by Gasteiger charge is 2.24. The van der Waals surface area contributed by atoms with Crippen molar-refractivity contribution >= 4 is 65.6 Å². The van der Waals surface area contributed by atoms with Crippen molar-refractivity contribution in [2.45, 2.75) is 0 Å². The van der Waals surface area contributed by atoms with Crippen molar-refractivity contribution in [2.24, 2.45) is 0 Å². The normalized spacial score (nSPS) is 11.9. The summed E-state index contributed by atoms with van der Waals surface area (Å²) in [5.74, 6) is 0.677. The number of rotatable bonds is 5. The van der Waals surface area contributed by atoms with Gasteiger partial charge in [0.05, 0.1) is 33.5 Å². The minimum absolute atomic E-state index is 0.677. The van der Waals surface area contributed by atoms with E-state index in [0.717, 1.165) is 88.8 Å². The maximum absolute atomic E-state index is 6.75. The van der Waals surface area contributed by atoms with Crippen LogP contribution in [-0.2, 0) is 0 Å². The van der Waals surface area contributed by atoms with Crippen LogP contribution >= 0.6 is 0 Å². The highest BCUT2D eigenvalue weighted by Crippen LogP contribution is 2.45. The fourth-order valence-electron chi connectivity index (χ4n) is 8.81. The molecule has 0 radical (unpaired) electrons. The van der Waals surface area contributed by atoms with Gasteiger partial charge in [-0.2, -0.15) is 0 Å². The molecule has 0 amide bonds. The first-order valence-corrected chi connectivity index (χ1v) is 19.3. The van der Waals surface area contributed by atoms with Crippen molar-refractivity contribution in [2.75, 3.05) is 0 Å². The molecule has 0 unspecified atom stereocenters. The number of nitrogens with zero attached hydrogens (tertiary/aromatic N) is 4. The third kappa shape index (κ3) is 4.82. The quantitative estimate of drug-likeness (QED) is 0.177. The van der Waals surface area contributed by atoms with Gasteiger partial charge in [-0.05, 0) is 54.6 Å². The summed E-state index contributed by atoms with van der Waals surface area (Å²) in [6.45, 7) is 0. The fourth-order valence-corrected chi connectivity index (χ4v) is 8.81. The minimum atomic E-state index is 0.677. The topological polar surface area (TPSA) is 48.8 Å². The van der Waals surface area contributed by atoms with Crippen molar-refractivity contribution in [1.82, 2.24) is 19.1 Å². The van der Waals surface area contributed by atoms with E-state index in [1.54, 1.807) is 0 Å². The Hall–Kier alpha value is -7.76. The second kappa shape index (κ2) is 12.4. The van der Waals surface area contributed by atoms with E-state index in [1.165, 1.54) is 16.2 Å². The third-order valence-corrected chi connectivity index (χ3v) is 11.3. The van der Waals surface area contributed by atoms with Gasteiger partial charge < -0.3 is 13.6 Å². The van der Waals surface area contributed by atoms with Crippen molar-refractivity contribution in [3.05, 3.63) is 194 Å². The number of benzene rings is 8. The average molecular weight is 729 g/mol. The van der Waals surface area contributed by atoms with Crippen LogP contribution in [0, 0.1) is 0 Å². The molecule has 4 aromatic heterocycles. The molecule has 0 spiro atoms. The Kier molecular flexibility index (Phi) is 6.86. The van der Waals surface area contributed by atoms with Crippen LogP contribution in [0.3, 0.4) is 0 Å². The molecular weight excluding hydrogens is 697 g/mol. The van der Waals surface area contributed by atoms with Gasteiger partial charge in [0.15, 0.2) is 11.4 Å². The minimum Gasteiger partial charge on any atom is -0.454 e. The molecule has 5 heteroatoms. The van der Waals surface area contributed by atoms with Crippen LogP contribution in [0.1, 0.15) is 0 Å². The standard InChI is InChI=1S/C52H32N4O/c1-4-15-33(16-5-1)43-32-44(34-17-6-2-7-18-34)54-52(53-43)35-19-14-22-37(31-35)56-45-25-12-10-23-38(45)40-29-30-46-48(49(40)56)42-28-27-41-39-24-11-13-26-47(39)57-51(41)50(42)55(46)36-20-8-3-9-21-36/h1-32H. The second-order valence-electron chi connectivity index (χ2n) is 14.6. The van der Waals surface area contributed by atoms with Crippen LogP contribution in [0.15, 0.2) is 199 Å². The van der Waals surface area contributed by atoms with Gasteiger partial charge >= 0.3 is 0 Å². The SMILES string of the molecule is c1ccc(-c2cc(-c3ccccc3)nc(-c3cccc(-n4c5ccccc5c5ccc6c(c7ccc8c9ccccc9oc8c7n6-c6ccccc6)c54)c3)n2)cc1. The molecule has 4 heterocycles. The van der Waals surface area contributed by atoms with Gasteiger partial charge in [-0.3, -0.25) is 0 Å². The first kappa shape index (κ1) is 31.6. The van der Waals surface area contributed by atoms with Gasteiger partial charge in [0, 0.05) is 60.4 Å². The van der Waals surface area contributed by atoms with Crippen LogP contribution < -0.4 is 0 Å². The van der Waals surface area contributed by atoms with Gasteiger partial charge in [0.25, 0.3) is 0 Å². The van der Waals surface area contributed by atoms with E-state index in [2.05, 4.69) is 185 Å². The largest absolute Gasteiger partial charge is 0.454 e. The molecule has 0 aliphatic heterocycles. The van der Waals surface area contributed by atoms with Gasteiger partial charge in [-0.1, -0.05) is 140 Å². The van der Waals surface area contributed by atoms with E-state index in [4.69, 9.17) is 14.4 Å². The maximum atomic E-state index is 6.75. The lowest BCUT2D eigenvalue weighted by Crippen LogP contribution is -1.98. The van der Waals surface area contributed by atoms with Crippen molar-refractivity contribution in [3.8, 4) is 45.3 Å². The number of furan rings is 1. The molecule has 0 fully saturated rings. The molecule has 0 aliphatic carbocycles. The number of aromatic nitrogens is 4. The molecule has 0 N–H and O–H groups in total. The van der Waals surface area contributed by atoms with Gasteiger partial charge in [0.2, 0.25) is 0 Å². The van der Waals surface area contributed by atoms with Crippen LogP contribution in [0.5, 0.6) is 0 Å². The molecule has 266 valence electrons. The lowest BCUT2D eigenvalue weighted by atomic mass is 10.1. The maximum Gasteiger partial charge on any atom is 0.160 e. The Morgan fingerprint density at radius 1 is 0.368 bits per heavy atom. The summed E-state index contributed by atoms with van der Waals surface area (Å²) in [6, 6.07) is 68.2. The zero-order valence-corrected chi connectivity index (χ0v) is 30.7. The predicted octanol–water partition coefficient (Wildman–Crippen LogP) is 13.6. The molecular formula is C52H32N4O. The van der Waals surface area contributed by atoms with E-state index >= 15 is 0 Å². The zero-order valence-electron chi connectivity index (χ0n) is 30.7. The van der Waals surface area contributed by atoms with E-state index in [0.29, 0.717) is 5.82 Å². The van der Waals surface area contributed by atoms with Crippen molar-refractivity contribution in [1.29, 1.82) is 0 Å². The average Bonchev–Trinajstić information content (AvgIpc) is 3.95. The monoisotopic (exact) mass is 728 g/mol. The Bertz CT molecular complexity index is 3450. The molecule has 8 aromatic carbocycles. The summed E-state index contributed by atoms with van der Waals surface area (Å²) in [7, 11) is 0. The molecule has 12 aromatic rings. The number of fused-ring (bicyclic) bond motifs is 11. The molecule has 12 rings (SSSR count). The van der Waals surface area contributed by atoms with Crippen LogP contribution in [0.4, 0.5) is 0 Å². The molecule has 0 aliphatic rings. The summed E-state index contributed by atoms with van der Waals surface area (Å²) >= 11 is 0. The molecule has 5 nitrogen and oxygen atoms in total. The Labute approximate surface area is 327 Å². The fraction of sp³-hybridized carbons (Fsp3) is 0. The second-order valence-corrected chi connectivity index (χ2v) is 14.6. The number of hydrogen-bond acceptors (Lipinski definition) is 3. The van der Waals surface area contributed by atoms with Crippen LogP contribution in [-0.4, -0.2) is 19.1 Å². The molecule has 0 saturated carbocycles. The van der Waals surface area contributed by atoms with Gasteiger partial charge in [-0.25, -0.2) is 9.97 Å². The molecule has 57 heavy (non-hydrogen) atoms. The van der Waals surface area contributed by atoms with Gasteiger partial charge in [-0.15, -0.1) is 0 Å². The Balaban J connectivity index is 1.17. The summed E-state index contributed by atoms with van der Waals surface area (Å²) in [6.07, 6.45) is 0. The number of hydrogen-bond donors (Lipinski definition) is 0. The summed E-state index contributed by atoms with van der Waals surface area (Å²) in [5.41, 5.74) is 13.1. The van der Waals surface area contributed by atoms with E-state index < -0.39 is 0 Å².